The summed E-state index contributed by atoms with van der Waals surface area (Å²) in [6.07, 6.45) is 6.09. The molecule has 0 spiro atoms. The molecule has 0 aliphatic carbocycles. The second kappa shape index (κ2) is 10.9. The molecule has 0 radical (unpaired) electrons. The van der Waals surface area contributed by atoms with Gasteiger partial charge in [0.15, 0.2) is 5.11 Å². The standard InChI is InChI=1S/C32H35ClN6S/c1-20-11-15-37(16-12-20)28-9-8-24(19-26(28)33)39-31(30(36-32(39)40)27-7-5-6-13-34-27)25-18-22(3)38(23(25)4)29-17-21(2)10-14-35-29/h5-10,13-14,17-20,30-31H,11-12,15-16H2,1-4H3,(H,36,40)/t30-,31+/m1/s1. The molecule has 0 bridgehead atoms. The maximum Gasteiger partial charge on any atom is 0.174 e. The smallest absolute Gasteiger partial charge is 0.174 e. The number of benzene rings is 1. The van der Waals surface area contributed by atoms with E-state index in [1.54, 1.807) is 0 Å². The fourth-order valence-electron chi connectivity index (χ4n) is 6.18. The Morgan fingerprint density at radius 1 is 0.950 bits per heavy atom. The van der Waals surface area contributed by atoms with Crippen LogP contribution in [0, 0.1) is 26.7 Å². The molecule has 8 heteroatoms. The number of thiocarbonyl (C=S) groups is 1. The van der Waals surface area contributed by atoms with Crippen LogP contribution in [-0.4, -0.2) is 32.7 Å². The Morgan fingerprint density at radius 2 is 1.75 bits per heavy atom. The lowest BCUT2D eigenvalue weighted by Crippen LogP contribution is -2.33. The van der Waals surface area contributed by atoms with Gasteiger partial charge in [-0.05, 0) is 111 Å². The lowest BCUT2D eigenvalue weighted by atomic mass is 9.96. The molecule has 2 atom stereocenters. The minimum Gasteiger partial charge on any atom is -0.370 e. The van der Waals surface area contributed by atoms with E-state index in [1.807, 2.05) is 30.6 Å². The van der Waals surface area contributed by atoms with Gasteiger partial charge in [0, 0.05) is 42.6 Å². The van der Waals surface area contributed by atoms with E-state index in [2.05, 4.69) is 88.8 Å². The summed E-state index contributed by atoms with van der Waals surface area (Å²) in [5.74, 6) is 1.68. The SMILES string of the molecule is Cc1ccnc(-n2c(C)cc([C@H]3[C@@H](c4ccccn4)NC(=S)N3c3ccc(N4CCC(C)CC4)c(Cl)c3)c2C)c1. The van der Waals surface area contributed by atoms with Crippen LogP contribution in [0.15, 0.2) is 67.0 Å². The molecular weight excluding hydrogens is 536 g/mol. The number of aryl methyl sites for hydroxylation is 2. The van der Waals surface area contributed by atoms with Gasteiger partial charge in [-0.15, -0.1) is 0 Å². The van der Waals surface area contributed by atoms with E-state index in [-0.39, 0.29) is 12.1 Å². The van der Waals surface area contributed by atoms with E-state index in [1.165, 1.54) is 24.0 Å². The number of nitrogens with one attached hydrogen (secondary N) is 1. The monoisotopic (exact) mass is 570 g/mol. The Labute approximate surface area is 247 Å². The van der Waals surface area contributed by atoms with Gasteiger partial charge in [-0.3, -0.25) is 4.98 Å². The van der Waals surface area contributed by atoms with Crippen molar-refractivity contribution in [1.82, 2.24) is 19.9 Å². The zero-order valence-corrected chi connectivity index (χ0v) is 25.0. The van der Waals surface area contributed by atoms with Crippen molar-refractivity contribution in [1.29, 1.82) is 0 Å². The first-order valence-corrected chi connectivity index (χ1v) is 14.8. The van der Waals surface area contributed by atoms with Gasteiger partial charge >= 0.3 is 0 Å². The Bertz CT molecular complexity index is 1540. The maximum atomic E-state index is 6.97. The molecule has 40 heavy (non-hydrogen) atoms. The summed E-state index contributed by atoms with van der Waals surface area (Å²) in [6.45, 7) is 10.8. The summed E-state index contributed by atoms with van der Waals surface area (Å²) >= 11 is 13.0. The first kappa shape index (κ1) is 26.8. The fourth-order valence-corrected chi connectivity index (χ4v) is 6.82. The average Bonchev–Trinajstić information content (AvgIpc) is 3.44. The highest BCUT2D eigenvalue weighted by atomic mass is 35.5. The summed E-state index contributed by atoms with van der Waals surface area (Å²) in [4.78, 5) is 14.0. The number of piperidine rings is 1. The van der Waals surface area contributed by atoms with E-state index in [0.717, 1.165) is 58.3 Å². The van der Waals surface area contributed by atoms with Crippen molar-refractivity contribution >= 4 is 40.3 Å². The fraction of sp³-hybridized carbons (Fsp3) is 0.344. The summed E-state index contributed by atoms with van der Waals surface area (Å²) in [6, 6.07) is 18.6. The van der Waals surface area contributed by atoms with Crippen molar-refractivity contribution in [3.63, 3.8) is 0 Å². The first-order valence-electron chi connectivity index (χ1n) is 14.0. The van der Waals surface area contributed by atoms with Gasteiger partial charge in [-0.25, -0.2) is 4.98 Å². The number of pyridine rings is 2. The quantitative estimate of drug-likeness (QED) is 0.255. The molecule has 0 unspecified atom stereocenters. The molecule has 4 aromatic rings. The van der Waals surface area contributed by atoms with Gasteiger partial charge in [-0.1, -0.05) is 24.6 Å². The van der Waals surface area contributed by atoms with Crippen molar-refractivity contribution in [2.24, 2.45) is 5.92 Å². The molecule has 1 N–H and O–H groups in total. The Hall–Kier alpha value is -3.42. The number of aromatic nitrogens is 3. The Morgan fingerprint density at radius 3 is 2.45 bits per heavy atom. The van der Waals surface area contributed by atoms with Crippen molar-refractivity contribution in [3.8, 4) is 5.82 Å². The molecule has 6 rings (SSSR count). The van der Waals surface area contributed by atoms with Crippen LogP contribution in [0.4, 0.5) is 11.4 Å². The zero-order valence-electron chi connectivity index (χ0n) is 23.4. The Balaban J connectivity index is 1.44. The van der Waals surface area contributed by atoms with Crippen LogP contribution < -0.4 is 15.1 Å². The average molecular weight is 571 g/mol. The summed E-state index contributed by atoms with van der Waals surface area (Å²) in [5, 5.41) is 5.01. The van der Waals surface area contributed by atoms with E-state index < -0.39 is 0 Å². The number of nitrogens with zero attached hydrogens (tertiary/aromatic N) is 5. The van der Waals surface area contributed by atoms with E-state index in [4.69, 9.17) is 28.8 Å². The highest BCUT2D eigenvalue weighted by Gasteiger charge is 2.42. The van der Waals surface area contributed by atoms with Crippen LogP contribution in [0.5, 0.6) is 0 Å². The molecule has 2 aliphatic rings. The van der Waals surface area contributed by atoms with Crippen molar-refractivity contribution < 1.29 is 0 Å². The molecule has 3 aromatic heterocycles. The first-order chi connectivity index (χ1) is 19.3. The third-order valence-electron chi connectivity index (χ3n) is 8.35. The second-order valence-electron chi connectivity index (χ2n) is 11.2. The maximum absolute atomic E-state index is 6.97. The number of halogens is 1. The van der Waals surface area contributed by atoms with Crippen molar-refractivity contribution in [3.05, 3.63) is 100 Å². The van der Waals surface area contributed by atoms with Crippen LogP contribution in [0.1, 0.15) is 60.1 Å². The predicted octanol–water partition coefficient (Wildman–Crippen LogP) is 7.26. The normalized spacial score (nSPS) is 19.8. The lowest BCUT2D eigenvalue weighted by Gasteiger charge is -2.33. The molecule has 0 saturated carbocycles. The third-order valence-corrected chi connectivity index (χ3v) is 8.97. The van der Waals surface area contributed by atoms with Gasteiger partial charge < -0.3 is 19.7 Å². The highest BCUT2D eigenvalue weighted by Crippen LogP contribution is 2.45. The number of rotatable bonds is 5. The minimum atomic E-state index is -0.129. The molecule has 6 nitrogen and oxygen atoms in total. The van der Waals surface area contributed by atoms with Gasteiger partial charge in [0.25, 0.3) is 0 Å². The molecule has 1 aromatic carbocycles. The highest BCUT2D eigenvalue weighted by molar-refractivity contribution is 7.80. The van der Waals surface area contributed by atoms with Crippen LogP contribution in [0.3, 0.4) is 0 Å². The van der Waals surface area contributed by atoms with Gasteiger partial charge in [0.05, 0.1) is 28.5 Å². The molecule has 2 fully saturated rings. The third kappa shape index (κ3) is 4.86. The molecule has 206 valence electrons. The summed E-state index contributed by atoms with van der Waals surface area (Å²) in [5.41, 5.74) is 7.61. The van der Waals surface area contributed by atoms with Crippen LogP contribution >= 0.6 is 23.8 Å². The predicted molar refractivity (Wildman–Crippen MR) is 168 cm³/mol. The largest absolute Gasteiger partial charge is 0.370 e. The second-order valence-corrected chi connectivity index (χ2v) is 11.9. The van der Waals surface area contributed by atoms with E-state index in [9.17, 15) is 0 Å². The molecule has 2 saturated heterocycles. The van der Waals surface area contributed by atoms with Gasteiger partial charge in [0.2, 0.25) is 0 Å². The van der Waals surface area contributed by atoms with E-state index in [0.29, 0.717) is 5.11 Å². The lowest BCUT2D eigenvalue weighted by molar-refractivity contribution is 0.438. The number of hydrogen-bond donors (Lipinski definition) is 1. The molecule has 0 amide bonds. The summed E-state index contributed by atoms with van der Waals surface area (Å²) < 4.78 is 2.23. The zero-order chi connectivity index (χ0) is 28.0. The van der Waals surface area contributed by atoms with Crippen molar-refractivity contribution in [2.45, 2.75) is 52.6 Å². The molecule has 2 aliphatic heterocycles. The minimum absolute atomic E-state index is 0.120. The Kier molecular flexibility index (Phi) is 7.27. The van der Waals surface area contributed by atoms with Gasteiger partial charge in [-0.2, -0.15) is 0 Å². The molecular formula is C32H35ClN6S. The van der Waals surface area contributed by atoms with Crippen molar-refractivity contribution in [2.75, 3.05) is 22.9 Å². The van der Waals surface area contributed by atoms with Crippen LogP contribution in [0.25, 0.3) is 5.82 Å². The van der Waals surface area contributed by atoms with Crippen LogP contribution in [0.2, 0.25) is 5.02 Å². The topological polar surface area (TPSA) is 49.2 Å². The van der Waals surface area contributed by atoms with Crippen LogP contribution in [-0.2, 0) is 0 Å². The van der Waals surface area contributed by atoms with Gasteiger partial charge in [0.1, 0.15) is 5.82 Å². The number of hydrogen-bond acceptors (Lipinski definition) is 4. The molecule has 5 heterocycles. The summed E-state index contributed by atoms with van der Waals surface area (Å²) in [7, 11) is 0. The van der Waals surface area contributed by atoms with E-state index >= 15 is 0 Å². The number of anilines is 2.